The molecule has 0 saturated heterocycles. The highest BCUT2D eigenvalue weighted by Gasteiger charge is 2.20. The van der Waals surface area contributed by atoms with E-state index in [0.717, 1.165) is 32.4 Å². The van der Waals surface area contributed by atoms with Crippen LogP contribution in [0.25, 0.3) is 0 Å². The fraction of sp³-hybridized carbons (Fsp3) is 0.600. The lowest BCUT2D eigenvalue weighted by atomic mass is 9.97. The van der Waals surface area contributed by atoms with Gasteiger partial charge in [0.25, 0.3) is 0 Å². The summed E-state index contributed by atoms with van der Waals surface area (Å²) in [7, 11) is 0. The number of ether oxygens (including phenoxy) is 1. The van der Waals surface area contributed by atoms with Crippen LogP contribution in [-0.4, -0.2) is 25.1 Å². The third-order valence-electron chi connectivity index (χ3n) is 3.63. The van der Waals surface area contributed by atoms with Crippen molar-refractivity contribution < 1.29 is 4.74 Å². The molecule has 0 bridgehead atoms. The lowest BCUT2D eigenvalue weighted by Crippen LogP contribution is -2.35. The Morgan fingerprint density at radius 2 is 2.28 bits per heavy atom. The molecule has 0 radical (unpaired) electrons. The Morgan fingerprint density at radius 1 is 1.44 bits per heavy atom. The number of benzene rings is 1. The van der Waals surface area contributed by atoms with Gasteiger partial charge in [-0.2, -0.15) is 0 Å². The second-order valence-electron chi connectivity index (χ2n) is 4.80. The van der Waals surface area contributed by atoms with Crippen molar-refractivity contribution in [1.82, 2.24) is 5.32 Å². The molecule has 0 spiro atoms. The zero-order valence-electron chi connectivity index (χ0n) is 11.0. The second-order valence-corrected chi connectivity index (χ2v) is 5.18. The summed E-state index contributed by atoms with van der Waals surface area (Å²) in [6.07, 6.45) is 3.36. The van der Waals surface area contributed by atoms with Gasteiger partial charge >= 0.3 is 0 Å². The van der Waals surface area contributed by atoms with Gasteiger partial charge in [-0.3, -0.25) is 0 Å². The summed E-state index contributed by atoms with van der Waals surface area (Å²) in [5, 5.41) is 3.57. The molecule has 0 fully saturated rings. The molecule has 2 nitrogen and oxygen atoms in total. The van der Waals surface area contributed by atoms with Crippen LogP contribution in [0.3, 0.4) is 0 Å². The van der Waals surface area contributed by atoms with E-state index in [0.29, 0.717) is 11.9 Å². The first-order valence-corrected chi connectivity index (χ1v) is 7.37. The highest BCUT2D eigenvalue weighted by molar-refractivity contribution is 6.17. The molecule has 0 aliphatic carbocycles. The molecule has 0 aromatic heterocycles. The van der Waals surface area contributed by atoms with Gasteiger partial charge in [-0.05, 0) is 30.4 Å². The lowest BCUT2D eigenvalue weighted by molar-refractivity contribution is 0.0405. The Labute approximate surface area is 115 Å². The van der Waals surface area contributed by atoms with E-state index in [1.54, 1.807) is 0 Å². The summed E-state index contributed by atoms with van der Waals surface area (Å²) < 4.78 is 5.88. The van der Waals surface area contributed by atoms with E-state index in [-0.39, 0.29) is 6.10 Å². The van der Waals surface area contributed by atoms with Crippen molar-refractivity contribution in [3.8, 4) is 0 Å². The van der Waals surface area contributed by atoms with Gasteiger partial charge in [0, 0.05) is 18.5 Å². The van der Waals surface area contributed by atoms with Gasteiger partial charge in [0.15, 0.2) is 0 Å². The van der Waals surface area contributed by atoms with Crippen molar-refractivity contribution in [1.29, 1.82) is 0 Å². The number of halogens is 1. The minimum absolute atomic E-state index is 0.194. The maximum Gasteiger partial charge on any atom is 0.0952 e. The van der Waals surface area contributed by atoms with Crippen LogP contribution in [0.1, 0.15) is 37.0 Å². The minimum Gasteiger partial charge on any atom is -0.372 e. The monoisotopic (exact) mass is 267 g/mol. The smallest absolute Gasteiger partial charge is 0.0952 e. The average molecular weight is 268 g/mol. The maximum atomic E-state index is 5.88. The first-order chi connectivity index (χ1) is 8.85. The predicted octanol–water partition coefficient (Wildman–Crippen LogP) is 3.30. The highest BCUT2D eigenvalue weighted by atomic mass is 35.5. The largest absolute Gasteiger partial charge is 0.372 e. The molecule has 1 heterocycles. The van der Waals surface area contributed by atoms with Crippen LogP contribution in [0.2, 0.25) is 0 Å². The molecule has 18 heavy (non-hydrogen) atoms. The van der Waals surface area contributed by atoms with Crippen LogP contribution in [-0.2, 0) is 11.2 Å². The second kappa shape index (κ2) is 7.13. The van der Waals surface area contributed by atoms with Crippen molar-refractivity contribution in [2.24, 2.45) is 0 Å². The van der Waals surface area contributed by atoms with Crippen LogP contribution < -0.4 is 5.32 Å². The standard InChI is InChI=1S/C15H22ClNO/c1-2-13(7-9-16)17-11-15-14-6-4-3-5-12(14)8-10-18-15/h3-6,13,15,17H,2,7-11H2,1H3. The third kappa shape index (κ3) is 3.47. The topological polar surface area (TPSA) is 21.3 Å². The van der Waals surface area contributed by atoms with E-state index in [9.17, 15) is 0 Å². The minimum atomic E-state index is 0.194. The molecule has 1 N–H and O–H groups in total. The van der Waals surface area contributed by atoms with Gasteiger partial charge in [0.2, 0.25) is 0 Å². The summed E-state index contributed by atoms with van der Waals surface area (Å²) in [6, 6.07) is 9.10. The van der Waals surface area contributed by atoms with Crippen LogP contribution in [0.15, 0.2) is 24.3 Å². The van der Waals surface area contributed by atoms with Gasteiger partial charge in [0.05, 0.1) is 12.7 Å². The van der Waals surface area contributed by atoms with Gasteiger partial charge in [-0.15, -0.1) is 11.6 Å². The van der Waals surface area contributed by atoms with Crippen LogP contribution in [0.4, 0.5) is 0 Å². The zero-order valence-corrected chi connectivity index (χ0v) is 11.7. The molecule has 2 atom stereocenters. The SMILES string of the molecule is CCC(CCCl)NCC1OCCc2ccccc21. The Morgan fingerprint density at radius 3 is 3.06 bits per heavy atom. The van der Waals surface area contributed by atoms with Gasteiger partial charge < -0.3 is 10.1 Å². The Bertz CT molecular complexity index is 369. The van der Waals surface area contributed by atoms with Crippen molar-refractivity contribution in [2.75, 3.05) is 19.0 Å². The predicted molar refractivity (Wildman–Crippen MR) is 76.3 cm³/mol. The van der Waals surface area contributed by atoms with Crippen molar-refractivity contribution >= 4 is 11.6 Å². The van der Waals surface area contributed by atoms with E-state index < -0.39 is 0 Å². The van der Waals surface area contributed by atoms with Crippen LogP contribution in [0.5, 0.6) is 0 Å². The zero-order chi connectivity index (χ0) is 12.8. The summed E-state index contributed by atoms with van der Waals surface area (Å²) in [5.41, 5.74) is 2.78. The molecule has 2 unspecified atom stereocenters. The maximum absolute atomic E-state index is 5.88. The van der Waals surface area contributed by atoms with Crippen molar-refractivity contribution in [3.63, 3.8) is 0 Å². The molecule has 3 heteroatoms. The molecule has 1 aliphatic heterocycles. The normalized spacial score (nSPS) is 20.4. The molecule has 2 rings (SSSR count). The molecular weight excluding hydrogens is 246 g/mol. The molecule has 1 aliphatic rings. The first-order valence-electron chi connectivity index (χ1n) is 6.84. The number of rotatable bonds is 6. The number of alkyl halides is 1. The third-order valence-corrected chi connectivity index (χ3v) is 3.85. The average Bonchev–Trinajstić information content (AvgIpc) is 2.43. The summed E-state index contributed by atoms with van der Waals surface area (Å²) in [5.74, 6) is 0.716. The molecular formula is C15H22ClNO. The van der Waals surface area contributed by atoms with E-state index in [1.807, 2.05) is 0 Å². The molecule has 1 aromatic rings. The van der Waals surface area contributed by atoms with Gasteiger partial charge in [0.1, 0.15) is 0 Å². The van der Waals surface area contributed by atoms with E-state index >= 15 is 0 Å². The van der Waals surface area contributed by atoms with Crippen LogP contribution in [0, 0.1) is 0 Å². The van der Waals surface area contributed by atoms with Crippen LogP contribution >= 0.6 is 11.6 Å². The summed E-state index contributed by atoms with van der Waals surface area (Å²) >= 11 is 5.81. The van der Waals surface area contributed by atoms with E-state index in [4.69, 9.17) is 16.3 Å². The first kappa shape index (κ1) is 13.9. The van der Waals surface area contributed by atoms with Gasteiger partial charge in [-0.1, -0.05) is 31.2 Å². The van der Waals surface area contributed by atoms with E-state index in [1.165, 1.54) is 11.1 Å². The molecule has 0 saturated carbocycles. The van der Waals surface area contributed by atoms with Crippen molar-refractivity contribution in [2.45, 2.75) is 38.3 Å². The Hall–Kier alpha value is -0.570. The number of nitrogens with one attached hydrogen (secondary N) is 1. The fourth-order valence-electron chi connectivity index (χ4n) is 2.50. The molecule has 100 valence electrons. The quantitative estimate of drug-likeness (QED) is 0.799. The molecule has 0 amide bonds. The summed E-state index contributed by atoms with van der Waals surface area (Å²) in [6.45, 7) is 3.90. The summed E-state index contributed by atoms with van der Waals surface area (Å²) in [4.78, 5) is 0. The lowest BCUT2D eigenvalue weighted by Gasteiger charge is -2.28. The highest BCUT2D eigenvalue weighted by Crippen LogP contribution is 2.26. The fourth-order valence-corrected chi connectivity index (χ4v) is 2.77. The van der Waals surface area contributed by atoms with E-state index in [2.05, 4.69) is 36.5 Å². The van der Waals surface area contributed by atoms with Gasteiger partial charge in [-0.25, -0.2) is 0 Å². The Kier molecular flexibility index (Phi) is 5.48. The number of hydrogen-bond donors (Lipinski definition) is 1. The number of hydrogen-bond acceptors (Lipinski definition) is 2. The molecule has 1 aromatic carbocycles. The van der Waals surface area contributed by atoms with Crippen molar-refractivity contribution in [3.05, 3.63) is 35.4 Å². The Balaban J connectivity index is 1.94. The number of fused-ring (bicyclic) bond motifs is 1.